The van der Waals surface area contributed by atoms with E-state index < -0.39 is 6.10 Å². The summed E-state index contributed by atoms with van der Waals surface area (Å²) in [5, 5.41) is 14.3. The van der Waals surface area contributed by atoms with E-state index in [1.54, 1.807) is 11.3 Å². The Bertz CT molecular complexity index is 943. The predicted molar refractivity (Wildman–Crippen MR) is 121 cm³/mol. The molecular weight excluding hydrogens is 364 g/mol. The number of hydrogen-bond acceptors (Lipinski definition) is 4. The van der Waals surface area contributed by atoms with Crippen molar-refractivity contribution < 1.29 is 5.11 Å². The molecule has 0 aliphatic carbocycles. The average Bonchev–Trinajstić information content (AvgIpc) is 3.14. The number of hydrogen-bond donors (Lipinski definition) is 1. The predicted octanol–water partition coefficient (Wildman–Crippen LogP) is 5.01. The Kier molecular flexibility index (Phi) is 5.72. The number of aryl methyl sites for hydroxylation is 1. The summed E-state index contributed by atoms with van der Waals surface area (Å²) in [6, 6.07) is 15.0. The second-order valence-corrected chi connectivity index (χ2v) is 9.03. The number of piperazine rings is 1. The number of anilines is 1. The Hall–Kier alpha value is -1.88. The van der Waals surface area contributed by atoms with Crippen LogP contribution in [-0.2, 0) is 0 Å². The molecule has 148 valence electrons. The molecule has 4 heteroatoms. The maximum atomic E-state index is 11.0. The van der Waals surface area contributed by atoms with Crippen LogP contribution in [0.15, 0.2) is 47.8 Å². The second kappa shape index (κ2) is 8.24. The summed E-state index contributed by atoms with van der Waals surface area (Å²) in [7, 11) is 0. The van der Waals surface area contributed by atoms with E-state index >= 15 is 0 Å². The minimum atomic E-state index is -0.409. The zero-order valence-corrected chi connectivity index (χ0v) is 17.9. The van der Waals surface area contributed by atoms with E-state index in [0.717, 1.165) is 38.3 Å². The highest BCUT2D eigenvalue weighted by atomic mass is 32.1. The van der Waals surface area contributed by atoms with E-state index in [-0.39, 0.29) is 5.92 Å². The highest BCUT2D eigenvalue weighted by Crippen LogP contribution is 2.34. The lowest BCUT2D eigenvalue weighted by Gasteiger charge is -2.38. The maximum absolute atomic E-state index is 11.0. The first-order chi connectivity index (χ1) is 13.5. The lowest BCUT2D eigenvalue weighted by Crippen LogP contribution is -2.48. The molecule has 2 unspecified atom stereocenters. The van der Waals surface area contributed by atoms with Crippen LogP contribution in [0.4, 0.5) is 5.69 Å². The summed E-state index contributed by atoms with van der Waals surface area (Å²) < 4.78 is 1.26. The monoisotopic (exact) mass is 394 g/mol. The van der Waals surface area contributed by atoms with Gasteiger partial charge in [-0.1, -0.05) is 37.3 Å². The van der Waals surface area contributed by atoms with E-state index in [2.05, 4.69) is 78.4 Å². The molecule has 0 bridgehead atoms. The van der Waals surface area contributed by atoms with E-state index in [0.29, 0.717) is 0 Å². The third kappa shape index (κ3) is 3.82. The first-order valence-corrected chi connectivity index (χ1v) is 11.1. The van der Waals surface area contributed by atoms with Crippen LogP contribution in [0.5, 0.6) is 0 Å². The summed E-state index contributed by atoms with van der Waals surface area (Å²) in [5.74, 6) is 0.213. The number of thiophene rings is 1. The summed E-state index contributed by atoms with van der Waals surface area (Å²) in [6.45, 7) is 11.7. The van der Waals surface area contributed by atoms with Gasteiger partial charge in [-0.25, -0.2) is 0 Å². The molecule has 2 heterocycles. The lowest BCUT2D eigenvalue weighted by molar-refractivity contribution is 0.0876. The quantitative estimate of drug-likeness (QED) is 0.659. The van der Waals surface area contributed by atoms with Gasteiger partial charge >= 0.3 is 0 Å². The van der Waals surface area contributed by atoms with Crippen LogP contribution in [0.3, 0.4) is 0 Å². The van der Waals surface area contributed by atoms with E-state index in [9.17, 15) is 5.11 Å². The first kappa shape index (κ1) is 19.4. The van der Waals surface area contributed by atoms with Gasteiger partial charge in [-0.3, -0.25) is 4.90 Å². The Morgan fingerprint density at radius 1 is 1.00 bits per heavy atom. The molecule has 1 saturated heterocycles. The number of aliphatic hydroxyl groups excluding tert-OH is 1. The summed E-state index contributed by atoms with van der Waals surface area (Å²) in [5.41, 5.74) is 5.21. The molecule has 2 aromatic carbocycles. The Morgan fingerprint density at radius 2 is 1.75 bits per heavy atom. The van der Waals surface area contributed by atoms with E-state index in [1.807, 2.05) is 0 Å². The van der Waals surface area contributed by atoms with Gasteiger partial charge in [0.1, 0.15) is 0 Å². The van der Waals surface area contributed by atoms with E-state index in [4.69, 9.17) is 0 Å². The molecule has 0 radical (unpaired) electrons. The van der Waals surface area contributed by atoms with Gasteiger partial charge in [-0.2, -0.15) is 0 Å². The molecule has 3 nitrogen and oxygen atoms in total. The van der Waals surface area contributed by atoms with Crippen molar-refractivity contribution >= 4 is 27.1 Å². The summed E-state index contributed by atoms with van der Waals surface area (Å²) in [6.07, 6.45) is -0.409. The van der Waals surface area contributed by atoms with Gasteiger partial charge in [0, 0.05) is 43.1 Å². The third-order valence-corrected chi connectivity index (χ3v) is 7.19. The van der Waals surface area contributed by atoms with Crippen LogP contribution in [0, 0.1) is 19.8 Å². The molecular formula is C24H30N2OS. The van der Waals surface area contributed by atoms with Gasteiger partial charge in [0.05, 0.1) is 6.10 Å². The van der Waals surface area contributed by atoms with Crippen molar-refractivity contribution in [2.45, 2.75) is 26.9 Å². The molecule has 3 aromatic rings. The highest BCUT2D eigenvalue weighted by Gasteiger charge is 2.25. The molecule has 28 heavy (non-hydrogen) atoms. The number of fused-ring (bicyclic) bond motifs is 1. The van der Waals surface area contributed by atoms with Crippen LogP contribution in [0.25, 0.3) is 10.1 Å². The van der Waals surface area contributed by atoms with Gasteiger partial charge in [0.2, 0.25) is 0 Å². The number of rotatable bonds is 5. The van der Waals surface area contributed by atoms with E-state index in [1.165, 1.54) is 26.9 Å². The fraction of sp³-hybridized carbons (Fsp3) is 0.417. The van der Waals surface area contributed by atoms with Gasteiger partial charge in [0.25, 0.3) is 0 Å². The minimum absolute atomic E-state index is 0.213. The van der Waals surface area contributed by atoms with Gasteiger partial charge in [0.15, 0.2) is 0 Å². The van der Waals surface area contributed by atoms with Crippen molar-refractivity contribution in [1.29, 1.82) is 0 Å². The molecule has 2 atom stereocenters. The Morgan fingerprint density at radius 3 is 2.54 bits per heavy atom. The van der Waals surface area contributed by atoms with Crippen molar-refractivity contribution in [3.05, 3.63) is 64.5 Å². The Balaban J connectivity index is 1.37. The van der Waals surface area contributed by atoms with Crippen LogP contribution in [-0.4, -0.2) is 42.7 Å². The van der Waals surface area contributed by atoms with Crippen molar-refractivity contribution in [2.75, 3.05) is 37.6 Å². The maximum Gasteiger partial charge on any atom is 0.0841 e. The summed E-state index contributed by atoms with van der Waals surface area (Å²) in [4.78, 5) is 5.01. The van der Waals surface area contributed by atoms with Crippen LogP contribution >= 0.6 is 11.3 Å². The van der Waals surface area contributed by atoms with Crippen LogP contribution in [0.1, 0.15) is 29.7 Å². The topological polar surface area (TPSA) is 26.7 Å². The smallest absolute Gasteiger partial charge is 0.0841 e. The fourth-order valence-electron chi connectivity index (χ4n) is 4.29. The Labute approximate surface area is 172 Å². The molecule has 1 aliphatic rings. The largest absolute Gasteiger partial charge is 0.388 e. The van der Waals surface area contributed by atoms with Gasteiger partial charge in [-0.15, -0.1) is 11.3 Å². The minimum Gasteiger partial charge on any atom is -0.388 e. The molecule has 1 aromatic heterocycles. The van der Waals surface area contributed by atoms with Crippen molar-refractivity contribution in [1.82, 2.24) is 4.90 Å². The molecule has 4 rings (SSSR count). The van der Waals surface area contributed by atoms with Crippen molar-refractivity contribution in [3.63, 3.8) is 0 Å². The average molecular weight is 395 g/mol. The zero-order chi connectivity index (χ0) is 19.7. The molecule has 1 fully saturated rings. The fourth-order valence-corrected chi connectivity index (χ4v) is 5.28. The van der Waals surface area contributed by atoms with Crippen LogP contribution in [0.2, 0.25) is 0 Å². The second-order valence-electron chi connectivity index (χ2n) is 8.12. The third-order valence-electron chi connectivity index (χ3n) is 6.20. The number of nitrogens with zero attached hydrogens (tertiary/aromatic N) is 2. The number of benzene rings is 2. The van der Waals surface area contributed by atoms with Crippen molar-refractivity contribution in [3.8, 4) is 0 Å². The van der Waals surface area contributed by atoms with Gasteiger partial charge < -0.3 is 10.0 Å². The van der Waals surface area contributed by atoms with Gasteiger partial charge in [-0.05, 0) is 59.4 Å². The normalized spacial score (nSPS) is 17.8. The highest BCUT2D eigenvalue weighted by molar-refractivity contribution is 7.17. The molecule has 1 aliphatic heterocycles. The standard InChI is InChI=1S/C24H30N2OS/c1-17-7-6-9-22(19(17)3)26-13-11-25(12-14-26)15-18(2)24(27)21-16-28-23-10-5-4-8-20(21)23/h4-10,16,18,24,27H,11-15H2,1-3H3. The SMILES string of the molecule is Cc1cccc(N2CCN(CC(C)C(O)c3csc4ccccc34)CC2)c1C. The zero-order valence-electron chi connectivity index (χ0n) is 17.1. The first-order valence-electron chi connectivity index (χ1n) is 10.2. The van der Waals surface area contributed by atoms with Crippen LogP contribution < -0.4 is 4.90 Å². The number of aliphatic hydroxyl groups is 1. The molecule has 1 N–H and O–H groups in total. The lowest BCUT2D eigenvalue weighted by atomic mass is 9.96. The molecule has 0 amide bonds. The van der Waals surface area contributed by atoms with Crippen molar-refractivity contribution in [2.24, 2.45) is 5.92 Å². The summed E-state index contributed by atoms with van der Waals surface area (Å²) >= 11 is 1.73. The molecule has 0 saturated carbocycles. The molecule has 0 spiro atoms.